The molecule has 118 valence electrons. The van der Waals surface area contributed by atoms with E-state index in [0.717, 1.165) is 10.5 Å². The maximum Gasteiger partial charge on any atom is 0.339 e. The van der Waals surface area contributed by atoms with Gasteiger partial charge in [0.2, 0.25) is 0 Å². The van der Waals surface area contributed by atoms with Gasteiger partial charge >= 0.3 is 13.6 Å². The van der Waals surface area contributed by atoms with Crippen LogP contribution in [0.5, 0.6) is 5.75 Å². The quantitative estimate of drug-likeness (QED) is 0.614. The minimum atomic E-state index is -4.37. The SMILES string of the molecule is Cc1ccc(OCCN(CC(=O)O)CP(=O)(O)O)c(F)c1. The van der Waals surface area contributed by atoms with Gasteiger partial charge in [0.05, 0.1) is 6.54 Å². The number of halogens is 1. The zero-order valence-electron chi connectivity index (χ0n) is 11.4. The smallest absolute Gasteiger partial charge is 0.339 e. The van der Waals surface area contributed by atoms with Gasteiger partial charge in [-0.3, -0.25) is 14.3 Å². The molecular weight excluding hydrogens is 304 g/mol. The van der Waals surface area contributed by atoms with Gasteiger partial charge in [-0.15, -0.1) is 0 Å². The maximum absolute atomic E-state index is 13.5. The van der Waals surface area contributed by atoms with Crippen LogP contribution in [0.3, 0.4) is 0 Å². The predicted octanol–water partition coefficient (Wildman–Crippen LogP) is 1.03. The van der Waals surface area contributed by atoms with Gasteiger partial charge in [0.15, 0.2) is 11.6 Å². The minimum Gasteiger partial charge on any atom is -0.489 e. The summed E-state index contributed by atoms with van der Waals surface area (Å²) < 4.78 is 29.6. The van der Waals surface area contributed by atoms with Gasteiger partial charge in [-0.05, 0) is 24.6 Å². The third kappa shape index (κ3) is 7.19. The van der Waals surface area contributed by atoms with Crippen LogP contribution < -0.4 is 4.74 Å². The Morgan fingerprint density at radius 3 is 2.62 bits per heavy atom. The number of rotatable bonds is 8. The Morgan fingerprint density at radius 2 is 2.10 bits per heavy atom. The Labute approximate surface area is 121 Å². The molecule has 3 N–H and O–H groups in total. The minimum absolute atomic E-state index is 0.00653. The van der Waals surface area contributed by atoms with Crippen LogP contribution >= 0.6 is 7.60 Å². The van der Waals surface area contributed by atoms with E-state index in [1.807, 2.05) is 0 Å². The summed E-state index contributed by atoms with van der Waals surface area (Å²) in [5.41, 5.74) is 0.730. The molecule has 0 amide bonds. The summed E-state index contributed by atoms with van der Waals surface area (Å²) in [4.78, 5) is 29.4. The number of hydrogen-bond acceptors (Lipinski definition) is 4. The topological polar surface area (TPSA) is 107 Å². The first-order chi connectivity index (χ1) is 9.67. The Bertz CT molecular complexity index is 547. The number of carbonyl (C=O) groups is 1. The lowest BCUT2D eigenvalue weighted by Gasteiger charge is -2.20. The Kier molecular flexibility index (Phi) is 6.29. The van der Waals surface area contributed by atoms with Crippen molar-refractivity contribution >= 4 is 13.6 Å². The second-order valence-electron chi connectivity index (χ2n) is 4.53. The van der Waals surface area contributed by atoms with Crippen molar-refractivity contribution in [3.63, 3.8) is 0 Å². The van der Waals surface area contributed by atoms with Gasteiger partial charge in [-0.25, -0.2) is 4.39 Å². The Morgan fingerprint density at radius 1 is 1.43 bits per heavy atom. The number of aryl methyl sites for hydroxylation is 1. The van der Waals surface area contributed by atoms with Gasteiger partial charge in [0.25, 0.3) is 0 Å². The molecule has 1 aromatic rings. The number of nitrogens with zero attached hydrogens (tertiary/aromatic N) is 1. The van der Waals surface area contributed by atoms with Gasteiger partial charge in [-0.2, -0.15) is 0 Å². The van der Waals surface area contributed by atoms with E-state index in [1.54, 1.807) is 13.0 Å². The summed E-state index contributed by atoms with van der Waals surface area (Å²) >= 11 is 0. The highest BCUT2D eigenvalue weighted by Crippen LogP contribution is 2.34. The highest BCUT2D eigenvalue weighted by molar-refractivity contribution is 7.51. The molecule has 0 aromatic heterocycles. The summed E-state index contributed by atoms with van der Waals surface area (Å²) in [7, 11) is -4.37. The lowest BCUT2D eigenvalue weighted by Crippen LogP contribution is -2.34. The number of ether oxygens (including phenoxy) is 1. The molecule has 0 saturated heterocycles. The molecule has 0 radical (unpaired) electrons. The third-order valence-electron chi connectivity index (χ3n) is 2.50. The van der Waals surface area contributed by atoms with E-state index >= 15 is 0 Å². The maximum atomic E-state index is 13.5. The van der Waals surface area contributed by atoms with Gasteiger partial charge in [0, 0.05) is 6.54 Å². The summed E-state index contributed by atoms with van der Waals surface area (Å²) in [5, 5.41) is 8.68. The van der Waals surface area contributed by atoms with E-state index in [9.17, 15) is 13.8 Å². The second-order valence-corrected chi connectivity index (χ2v) is 6.15. The van der Waals surface area contributed by atoms with Gasteiger partial charge < -0.3 is 19.6 Å². The van der Waals surface area contributed by atoms with Crippen molar-refractivity contribution < 1.29 is 33.4 Å². The molecule has 0 heterocycles. The van der Waals surface area contributed by atoms with Crippen LogP contribution in [0.25, 0.3) is 0 Å². The first-order valence-corrected chi connectivity index (χ1v) is 7.85. The molecular formula is C12H17FNO6P. The van der Waals surface area contributed by atoms with Crippen molar-refractivity contribution in [2.24, 2.45) is 0 Å². The van der Waals surface area contributed by atoms with Crippen molar-refractivity contribution in [2.45, 2.75) is 6.92 Å². The molecule has 0 aliphatic rings. The van der Waals surface area contributed by atoms with E-state index in [1.165, 1.54) is 12.1 Å². The molecule has 0 saturated carbocycles. The summed E-state index contributed by atoms with van der Waals surface area (Å²) in [5.74, 6) is -1.76. The fourth-order valence-electron chi connectivity index (χ4n) is 1.66. The lowest BCUT2D eigenvalue weighted by molar-refractivity contribution is -0.138. The highest BCUT2D eigenvalue weighted by atomic mass is 31.2. The van der Waals surface area contributed by atoms with Gasteiger partial charge in [-0.1, -0.05) is 6.07 Å². The molecule has 7 nitrogen and oxygen atoms in total. The van der Waals surface area contributed by atoms with Crippen LogP contribution in [0.2, 0.25) is 0 Å². The number of benzene rings is 1. The van der Waals surface area contributed by atoms with Crippen molar-refractivity contribution in [1.82, 2.24) is 4.90 Å². The molecule has 1 rings (SSSR count). The average Bonchev–Trinajstić information content (AvgIpc) is 2.28. The fraction of sp³-hybridized carbons (Fsp3) is 0.417. The van der Waals surface area contributed by atoms with Crippen LogP contribution in [0.4, 0.5) is 4.39 Å². The number of carboxylic acids is 1. The second kappa shape index (κ2) is 7.51. The third-order valence-corrected chi connectivity index (χ3v) is 3.26. The molecule has 0 atom stereocenters. The molecule has 0 unspecified atom stereocenters. The zero-order chi connectivity index (χ0) is 16.0. The Hall–Kier alpha value is -1.47. The fourth-order valence-corrected chi connectivity index (χ4v) is 2.42. The predicted molar refractivity (Wildman–Crippen MR) is 72.8 cm³/mol. The van der Waals surface area contributed by atoms with Crippen molar-refractivity contribution in [3.05, 3.63) is 29.6 Å². The first-order valence-electron chi connectivity index (χ1n) is 6.05. The molecule has 0 bridgehead atoms. The number of aliphatic carboxylic acids is 1. The highest BCUT2D eigenvalue weighted by Gasteiger charge is 2.21. The summed E-state index contributed by atoms with van der Waals surface area (Å²) in [6.07, 6.45) is -0.695. The van der Waals surface area contributed by atoms with E-state index in [-0.39, 0.29) is 18.9 Å². The first kappa shape index (κ1) is 17.6. The van der Waals surface area contributed by atoms with E-state index in [2.05, 4.69) is 0 Å². The molecule has 1 aromatic carbocycles. The molecule has 0 spiro atoms. The molecule has 9 heteroatoms. The van der Waals surface area contributed by atoms with Crippen molar-refractivity contribution in [3.8, 4) is 5.75 Å². The monoisotopic (exact) mass is 321 g/mol. The van der Waals surface area contributed by atoms with E-state index < -0.39 is 32.2 Å². The largest absolute Gasteiger partial charge is 0.489 e. The van der Waals surface area contributed by atoms with Crippen LogP contribution in [0.15, 0.2) is 18.2 Å². The summed E-state index contributed by atoms with van der Waals surface area (Å²) in [6, 6.07) is 4.39. The lowest BCUT2D eigenvalue weighted by atomic mass is 10.2. The summed E-state index contributed by atoms with van der Waals surface area (Å²) in [6.45, 7) is 1.05. The molecule has 0 aliphatic heterocycles. The van der Waals surface area contributed by atoms with E-state index in [4.69, 9.17) is 19.6 Å². The van der Waals surface area contributed by atoms with Crippen molar-refractivity contribution in [1.29, 1.82) is 0 Å². The Balaban J connectivity index is 2.56. The van der Waals surface area contributed by atoms with Crippen LogP contribution in [0, 0.1) is 12.7 Å². The molecule has 21 heavy (non-hydrogen) atoms. The normalized spacial score (nSPS) is 11.7. The van der Waals surface area contributed by atoms with Crippen LogP contribution in [0.1, 0.15) is 5.56 Å². The van der Waals surface area contributed by atoms with Crippen molar-refractivity contribution in [2.75, 3.05) is 26.0 Å². The van der Waals surface area contributed by atoms with Crippen LogP contribution in [-0.4, -0.2) is 51.7 Å². The molecule has 0 aliphatic carbocycles. The number of hydrogen-bond donors (Lipinski definition) is 3. The zero-order valence-corrected chi connectivity index (χ0v) is 12.3. The van der Waals surface area contributed by atoms with Gasteiger partial charge in [0.1, 0.15) is 12.9 Å². The van der Waals surface area contributed by atoms with Crippen LogP contribution in [-0.2, 0) is 9.36 Å². The van der Waals surface area contributed by atoms with E-state index in [0.29, 0.717) is 0 Å². The standard InChI is InChI=1S/C12H17FNO6P/c1-9-2-3-11(10(13)6-9)20-5-4-14(7-12(15)16)8-21(17,18)19/h2-3,6H,4-5,7-8H2,1H3,(H,15,16)(H2,17,18,19). The average molecular weight is 321 g/mol. The molecule has 0 fully saturated rings. The number of carboxylic acid groups (broad SMARTS) is 1.